The van der Waals surface area contributed by atoms with E-state index in [0.29, 0.717) is 0 Å². The van der Waals surface area contributed by atoms with Crippen LogP contribution in [0.4, 0.5) is 11.4 Å². The lowest BCUT2D eigenvalue weighted by atomic mass is 9.67. The Bertz CT molecular complexity index is 1360. The number of pyridine rings is 1. The molecule has 1 aromatic heterocycles. The standard InChI is InChI=1S/C24H21B3N3.C2H4O2/c25-23-24(26,27-23)11-4-12-30-21-14-17(29)8-10-19(21)18-9-7-16(28)13-20(18)22(30)15-5-2-1-3-6-15;1-2(3)4/h1-3,5-10,13-14,23,29H,4,11-12,28H2;1H3,(H,3,4). The molecule has 0 spiro atoms. The fourth-order valence-electron chi connectivity index (χ4n) is 4.48. The molecular weight excluding hydrogens is 419 g/mol. The van der Waals surface area contributed by atoms with Crippen LogP contribution < -0.4 is 21.1 Å². The molecule has 0 amide bonds. The largest absolute Gasteiger partial charge is 0.550 e. The van der Waals surface area contributed by atoms with Crippen LogP contribution in [0, 0.1) is 0 Å². The lowest BCUT2D eigenvalue weighted by Gasteiger charge is -2.15. The van der Waals surface area contributed by atoms with E-state index in [1.165, 1.54) is 5.39 Å². The quantitative estimate of drug-likeness (QED) is 0.214. The Morgan fingerprint density at radius 2 is 1.62 bits per heavy atom. The highest BCUT2D eigenvalue weighted by molar-refractivity contribution is 6.77. The van der Waals surface area contributed by atoms with Gasteiger partial charge in [-0.2, -0.15) is 4.57 Å². The molecule has 3 aromatic carbocycles. The Balaban J connectivity index is 0.000000636. The topological polar surface area (TPSA) is 96.0 Å². The molecule has 1 saturated heterocycles. The lowest BCUT2D eigenvalue weighted by Crippen LogP contribution is -2.38. The molecule has 2 heterocycles. The Hall–Kier alpha value is -3.41. The first-order valence-electron chi connectivity index (χ1n) is 11.3. The molecule has 0 aliphatic carbocycles. The molecule has 1 fully saturated rings. The maximum Gasteiger partial charge on any atom is 0.220 e. The molecule has 4 N–H and O–H groups in total. The van der Waals surface area contributed by atoms with E-state index < -0.39 is 5.97 Å². The molecule has 1 aliphatic heterocycles. The van der Waals surface area contributed by atoms with Crippen molar-refractivity contribution >= 4 is 62.0 Å². The number of nitrogens with two attached hydrogens (primary N) is 2. The van der Waals surface area contributed by atoms with Crippen molar-refractivity contribution < 1.29 is 14.5 Å². The van der Waals surface area contributed by atoms with Crippen LogP contribution in [0.2, 0.25) is 10.9 Å². The Morgan fingerprint density at radius 1 is 1.03 bits per heavy atom. The number of anilines is 2. The van der Waals surface area contributed by atoms with Gasteiger partial charge in [-0.3, -0.25) is 0 Å². The van der Waals surface area contributed by atoms with Crippen molar-refractivity contribution in [1.29, 1.82) is 0 Å². The minimum atomic E-state index is -1.08. The number of hydrogen-bond acceptors (Lipinski definition) is 4. The number of carboxylic acids is 1. The number of aryl methyl sites for hydroxylation is 1. The van der Waals surface area contributed by atoms with Gasteiger partial charge in [-0.05, 0) is 43.3 Å². The Kier molecular flexibility index (Phi) is 6.60. The summed E-state index contributed by atoms with van der Waals surface area (Å²) in [6.45, 7) is 1.79. The summed E-state index contributed by atoms with van der Waals surface area (Å²) in [5.74, 6) is -1.08. The first-order chi connectivity index (χ1) is 16.2. The smallest absolute Gasteiger partial charge is 0.220 e. The van der Waals surface area contributed by atoms with E-state index in [-0.39, 0.29) is 10.9 Å². The SMILES string of the molecule is CC(=O)[O-].[B]C1[B]C1([B])CCC[n+]1c(-c2ccccc2)c2cc(N)ccc2c2ccc(N)cc21. The highest BCUT2D eigenvalue weighted by Crippen LogP contribution is 2.54. The van der Waals surface area contributed by atoms with Crippen LogP contribution in [-0.4, -0.2) is 28.9 Å². The number of benzene rings is 3. The van der Waals surface area contributed by atoms with Gasteiger partial charge in [0, 0.05) is 40.8 Å². The summed E-state index contributed by atoms with van der Waals surface area (Å²) >= 11 is 0. The minimum Gasteiger partial charge on any atom is -0.550 e. The lowest BCUT2D eigenvalue weighted by molar-refractivity contribution is -0.659. The predicted molar refractivity (Wildman–Crippen MR) is 140 cm³/mol. The van der Waals surface area contributed by atoms with E-state index in [4.69, 9.17) is 37.1 Å². The summed E-state index contributed by atoms with van der Waals surface area (Å²) in [6.07, 6.45) is 1.77. The molecular formula is C26H25B3N3O2. The van der Waals surface area contributed by atoms with Crippen molar-refractivity contribution in [2.24, 2.45) is 0 Å². The van der Waals surface area contributed by atoms with Gasteiger partial charge in [0.05, 0.1) is 33.7 Å². The predicted octanol–water partition coefficient (Wildman–Crippen LogP) is 2.57. The molecule has 5 rings (SSSR count). The van der Waals surface area contributed by atoms with Crippen LogP contribution in [0.1, 0.15) is 19.8 Å². The molecule has 0 bridgehead atoms. The molecule has 2 unspecified atom stereocenters. The van der Waals surface area contributed by atoms with Crippen molar-refractivity contribution in [3.63, 3.8) is 0 Å². The second-order valence-electron chi connectivity index (χ2n) is 8.85. The van der Waals surface area contributed by atoms with Crippen LogP contribution in [0.15, 0.2) is 66.7 Å². The number of nitrogen functional groups attached to an aromatic ring is 2. The number of rotatable bonds is 5. The number of hydrogen-bond donors (Lipinski definition) is 2. The van der Waals surface area contributed by atoms with Gasteiger partial charge in [0.25, 0.3) is 0 Å². The van der Waals surface area contributed by atoms with Crippen LogP contribution >= 0.6 is 0 Å². The molecule has 5 nitrogen and oxygen atoms in total. The second kappa shape index (κ2) is 9.45. The molecule has 0 saturated carbocycles. The molecule has 2 atom stereocenters. The van der Waals surface area contributed by atoms with Crippen molar-refractivity contribution in [2.45, 2.75) is 37.2 Å². The van der Waals surface area contributed by atoms with Gasteiger partial charge in [-0.25, -0.2) is 0 Å². The van der Waals surface area contributed by atoms with E-state index in [9.17, 15) is 0 Å². The van der Waals surface area contributed by atoms with E-state index in [0.717, 1.165) is 65.2 Å². The van der Waals surface area contributed by atoms with Crippen LogP contribution in [0.3, 0.4) is 0 Å². The number of carbonyl (C=O) groups is 1. The van der Waals surface area contributed by atoms with E-state index in [2.05, 4.69) is 53.1 Å². The van der Waals surface area contributed by atoms with Crippen molar-refractivity contribution in [1.82, 2.24) is 0 Å². The van der Waals surface area contributed by atoms with Gasteiger partial charge in [-0.15, -0.1) is 10.9 Å². The van der Waals surface area contributed by atoms with E-state index >= 15 is 0 Å². The molecule has 34 heavy (non-hydrogen) atoms. The second-order valence-corrected chi connectivity index (χ2v) is 8.85. The highest BCUT2D eigenvalue weighted by atomic mass is 16.4. The number of aromatic nitrogens is 1. The van der Waals surface area contributed by atoms with Gasteiger partial charge >= 0.3 is 0 Å². The van der Waals surface area contributed by atoms with Gasteiger partial charge in [0.1, 0.15) is 6.54 Å². The third-order valence-electron chi connectivity index (χ3n) is 6.21. The normalized spacial score (nSPS) is 18.7. The average Bonchev–Trinajstić information content (AvgIpc) is 3.39. The number of carboxylic acid groups (broad SMARTS) is 1. The maximum absolute atomic E-state index is 8.89. The Labute approximate surface area is 203 Å². The number of aliphatic carboxylic acids is 1. The van der Waals surface area contributed by atoms with Crippen molar-refractivity contribution in [2.75, 3.05) is 11.5 Å². The van der Waals surface area contributed by atoms with Gasteiger partial charge < -0.3 is 21.4 Å². The summed E-state index contributed by atoms with van der Waals surface area (Å²) in [5.41, 5.74) is 17.3. The van der Waals surface area contributed by atoms with E-state index in [1.807, 2.05) is 25.5 Å². The first-order valence-corrected chi connectivity index (χ1v) is 11.3. The fraction of sp³-hybridized carbons (Fsp3) is 0.231. The molecule has 165 valence electrons. The van der Waals surface area contributed by atoms with Crippen molar-refractivity contribution in [3.8, 4) is 11.3 Å². The maximum atomic E-state index is 8.89. The van der Waals surface area contributed by atoms with E-state index in [1.54, 1.807) is 0 Å². The van der Waals surface area contributed by atoms with Crippen LogP contribution in [-0.2, 0) is 11.3 Å². The summed E-state index contributed by atoms with van der Waals surface area (Å²) in [5, 5.41) is 12.0. The third-order valence-corrected chi connectivity index (χ3v) is 6.21. The first kappa shape index (κ1) is 23.7. The third kappa shape index (κ3) is 4.91. The van der Waals surface area contributed by atoms with Gasteiger partial charge in [0.15, 0.2) is 0 Å². The van der Waals surface area contributed by atoms with Crippen LogP contribution in [0.5, 0.6) is 0 Å². The Morgan fingerprint density at radius 3 is 2.24 bits per heavy atom. The molecule has 5 radical (unpaired) electrons. The zero-order valence-electron chi connectivity index (χ0n) is 19.2. The summed E-state index contributed by atoms with van der Waals surface area (Å²) in [4.78, 5) is 8.89. The summed E-state index contributed by atoms with van der Waals surface area (Å²) in [6, 6.07) is 22.7. The molecule has 1 aliphatic rings. The molecule has 8 heteroatoms. The molecule has 4 aromatic rings. The highest BCUT2D eigenvalue weighted by Gasteiger charge is 2.45. The van der Waals surface area contributed by atoms with Crippen LogP contribution in [0.25, 0.3) is 32.9 Å². The number of carbonyl (C=O) groups excluding carboxylic acids is 1. The number of nitrogens with zero attached hydrogens (tertiary/aromatic N) is 1. The van der Waals surface area contributed by atoms with Gasteiger partial charge in [-0.1, -0.05) is 30.7 Å². The van der Waals surface area contributed by atoms with Gasteiger partial charge in [0.2, 0.25) is 11.2 Å². The monoisotopic (exact) mass is 444 g/mol. The summed E-state index contributed by atoms with van der Waals surface area (Å²) in [7, 11) is 14.3. The zero-order chi connectivity index (χ0) is 24.5. The number of fused-ring (bicyclic) bond motifs is 3. The minimum absolute atomic E-state index is 0.000107. The fourth-order valence-corrected chi connectivity index (χ4v) is 4.48. The summed E-state index contributed by atoms with van der Waals surface area (Å²) < 4.78 is 2.36. The van der Waals surface area contributed by atoms with Crippen molar-refractivity contribution in [3.05, 3.63) is 66.7 Å². The average molecular weight is 444 g/mol. The zero-order valence-corrected chi connectivity index (χ0v) is 19.2.